The van der Waals surface area contributed by atoms with Crippen molar-refractivity contribution in [1.29, 1.82) is 0 Å². The van der Waals surface area contributed by atoms with Gasteiger partial charge in [-0.1, -0.05) is 23.9 Å². The highest BCUT2D eigenvalue weighted by Gasteiger charge is 2.08. The molecule has 3 rings (SSSR count). The van der Waals surface area contributed by atoms with Crippen LogP contribution >= 0.6 is 11.8 Å². The predicted molar refractivity (Wildman–Crippen MR) is 82.6 cm³/mol. The Morgan fingerprint density at radius 2 is 1.95 bits per heavy atom. The molecular weight excluding hydrogens is 288 g/mol. The Kier molecular flexibility index (Phi) is 3.42. The van der Waals surface area contributed by atoms with Crippen LogP contribution in [-0.4, -0.2) is 19.1 Å². The summed E-state index contributed by atoms with van der Waals surface area (Å²) in [5, 5.41) is 0.768. The van der Waals surface area contributed by atoms with Crippen LogP contribution in [0.1, 0.15) is 5.69 Å². The number of thioether (sulfide) groups is 1. The van der Waals surface area contributed by atoms with Crippen molar-refractivity contribution in [3.63, 3.8) is 0 Å². The van der Waals surface area contributed by atoms with Crippen molar-refractivity contribution in [2.24, 2.45) is 14.1 Å². The number of aromatic nitrogens is 4. The lowest BCUT2D eigenvalue weighted by atomic mass is 10.3. The number of benzene rings is 1. The maximum Gasteiger partial charge on any atom is 0.330 e. The monoisotopic (exact) mass is 302 g/mol. The second kappa shape index (κ2) is 5.25. The Bertz CT molecular complexity index is 890. The van der Waals surface area contributed by atoms with Crippen molar-refractivity contribution >= 4 is 22.8 Å². The summed E-state index contributed by atoms with van der Waals surface area (Å²) in [6.07, 6.45) is 0. The molecule has 0 aliphatic carbocycles. The molecule has 0 aliphatic heterocycles. The first-order chi connectivity index (χ1) is 10.1. The van der Waals surface area contributed by atoms with Crippen molar-refractivity contribution in [1.82, 2.24) is 19.1 Å². The van der Waals surface area contributed by atoms with E-state index >= 15 is 0 Å². The van der Waals surface area contributed by atoms with Gasteiger partial charge in [0.2, 0.25) is 0 Å². The lowest BCUT2D eigenvalue weighted by Gasteiger charge is -2.07. The summed E-state index contributed by atoms with van der Waals surface area (Å²) in [4.78, 5) is 31.2. The standard InChI is InChI=1S/C14H14N4O2S/c1-17-9(7-12(19)18(2)14(17)20)8-21-13-15-10-5-3-4-6-11(10)16-13/h3-7H,8H2,1-2H3,(H,15,16). The van der Waals surface area contributed by atoms with Crippen LogP contribution in [0.15, 0.2) is 45.1 Å². The van der Waals surface area contributed by atoms with Gasteiger partial charge < -0.3 is 4.98 Å². The minimum absolute atomic E-state index is 0.293. The maximum absolute atomic E-state index is 11.9. The van der Waals surface area contributed by atoms with Gasteiger partial charge in [-0.2, -0.15) is 0 Å². The molecule has 7 heteroatoms. The zero-order valence-corrected chi connectivity index (χ0v) is 12.5. The number of H-pyrrole nitrogens is 1. The number of para-hydroxylation sites is 2. The second-order valence-electron chi connectivity index (χ2n) is 4.72. The number of aromatic amines is 1. The van der Waals surface area contributed by atoms with Gasteiger partial charge in [0.05, 0.1) is 11.0 Å². The molecule has 0 radical (unpaired) electrons. The van der Waals surface area contributed by atoms with E-state index in [4.69, 9.17) is 0 Å². The summed E-state index contributed by atoms with van der Waals surface area (Å²) < 4.78 is 2.58. The van der Waals surface area contributed by atoms with Crippen molar-refractivity contribution in [3.05, 3.63) is 56.9 Å². The van der Waals surface area contributed by atoms with Crippen molar-refractivity contribution in [2.75, 3.05) is 0 Å². The molecule has 1 aromatic carbocycles. The molecule has 6 nitrogen and oxygen atoms in total. The molecule has 108 valence electrons. The molecule has 0 fully saturated rings. The zero-order valence-electron chi connectivity index (χ0n) is 11.7. The fraction of sp³-hybridized carbons (Fsp3) is 0.214. The Morgan fingerprint density at radius 3 is 2.71 bits per heavy atom. The minimum Gasteiger partial charge on any atom is -0.333 e. The first-order valence-corrected chi connectivity index (χ1v) is 7.38. The minimum atomic E-state index is -0.317. The molecule has 0 amide bonds. The molecule has 0 aliphatic rings. The first kappa shape index (κ1) is 13.7. The number of imidazole rings is 1. The van der Waals surface area contributed by atoms with E-state index in [0.717, 1.165) is 20.8 Å². The predicted octanol–water partition coefficient (Wildman–Crippen LogP) is 1.25. The number of nitrogens with one attached hydrogen (secondary N) is 1. The van der Waals surface area contributed by atoms with Crippen LogP contribution in [0, 0.1) is 0 Å². The van der Waals surface area contributed by atoms with Crippen molar-refractivity contribution in [2.45, 2.75) is 10.9 Å². The largest absolute Gasteiger partial charge is 0.333 e. The van der Waals surface area contributed by atoms with E-state index in [-0.39, 0.29) is 11.2 Å². The molecule has 0 bridgehead atoms. The van der Waals surface area contributed by atoms with E-state index in [9.17, 15) is 9.59 Å². The van der Waals surface area contributed by atoms with Crippen LogP contribution in [0.2, 0.25) is 0 Å². The fourth-order valence-corrected chi connectivity index (χ4v) is 2.96. The molecule has 1 N–H and O–H groups in total. The van der Waals surface area contributed by atoms with E-state index < -0.39 is 0 Å². The number of hydrogen-bond acceptors (Lipinski definition) is 4. The summed E-state index contributed by atoms with van der Waals surface area (Å²) in [6.45, 7) is 0. The smallest absolute Gasteiger partial charge is 0.330 e. The van der Waals surface area contributed by atoms with E-state index in [0.29, 0.717) is 11.4 Å². The quantitative estimate of drug-likeness (QED) is 0.739. The molecule has 0 atom stereocenters. The van der Waals surface area contributed by atoms with Crippen LogP contribution in [0.4, 0.5) is 0 Å². The lowest BCUT2D eigenvalue weighted by Crippen LogP contribution is -2.37. The SMILES string of the molecule is Cn1c(CSc2nc3ccccc3[nH]2)cc(=O)n(C)c1=O. The highest BCUT2D eigenvalue weighted by Crippen LogP contribution is 2.21. The molecule has 0 spiro atoms. The number of rotatable bonds is 3. The van der Waals surface area contributed by atoms with Crippen molar-refractivity contribution in [3.8, 4) is 0 Å². The fourth-order valence-electron chi connectivity index (χ4n) is 2.06. The normalized spacial score (nSPS) is 11.1. The van der Waals surface area contributed by atoms with Gasteiger partial charge in [-0.3, -0.25) is 13.9 Å². The molecular formula is C14H14N4O2S. The third-order valence-electron chi connectivity index (χ3n) is 3.35. The zero-order chi connectivity index (χ0) is 15.0. The van der Waals surface area contributed by atoms with Gasteiger partial charge in [-0.25, -0.2) is 9.78 Å². The summed E-state index contributed by atoms with van der Waals surface area (Å²) in [7, 11) is 3.14. The highest BCUT2D eigenvalue weighted by molar-refractivity contribution is 7.98. The van der Waals surface area contributed by atoms with Gasteiger partial charge in [0.15, 0.2) is 5.16 Å². The van der Waals surface area contributed by atoms with Crippen LogP contribution in [0.25, 0.3) is 11.0 Å². The molecule has 2 heterocycles. The molecule has 3 aromatic rings. The Balaban J connectivity index is 1.88. The summed E-state index contributed by atoms with van der Waals surface area (Å²) >= 11 is 1.46. The van der Waals surface area contributed by atoms with Gasteiger partial charge in [-0.05, 0) is 12.1 Å². The van der Waals surface area contributed by atoms with Gasteiger partial charge in [0.25, 0.3) is 5.56 Å². The third-order valence-corrected chi connectivity index (χ3v) is 4.26. The maximum atomic E-state index is 11.9. The molecule has 0 saturated carbocycles. The van der Waals surface area contributed by atoms with Crippen LogP contribution < -0.4 is 11.2 Å². The third kappa shape index (κ3) is 2.52. The first-order valence-electron chi connectivity index (χ1n) is 6.40. The van der Waals surface area contributed by atoms with Crippen molar-refractivity contribution < 1.29 is 0 Å². The van der Waals surface area contributed by atoms with Crippen LogP contribution in [-0.2, 0) is 19.8 Å². The second-order valence-corrected chi connectivity index (χ2v) is 5.69. The summed E-state index contributed by atoms with van der Waals surface area (Å²) in [5.74, 6) is 0.502. The Morgan fingerprint density at radius 1 is 1.19 bits per heavy atom. The average molecular weight is 302 g/mol. The average Bonchev–Trinajstić information content (AvgIpc) is 2.90. The van der Waals surface area contributed by atoms with E-state index in [1.54, 1.807) is 7.05 Å². The van der Waals surface area contributed by atoms with E-state index in [2.05, 4.69) is 9.97 Å². The molecule has 0 saturated heterocycles. The number of nitrogens with zero attached hydrogens (tertiary/aromatic N) is 3. The Hall–Kier alpha value is -2.28. The van der Waals surface area contributed by atoms with Gasteiger partial charge in [-0.15, -0.1) is 0 Å². The molecule has 2 aromatic heterocycles. The lowest BCUT2D eigenvalue weighted by molar-refractivity contribution is 0.665. The van der Waals surface area contributed by atoms with E-state index in [1.807, 2.05) is 24.3 Å². The molecule has 21 heavy (non-hydrogen) atoms. The number of hydrogen-bond donors (Lipinski definition) is 1. The van der Waals surface area contributed by atoms with Gasteiger partial charge in [0.1, 0.15) is 0 Å². The summed E-state index contributed by atoms with van der Waals surface area (Å²) in [5.41, 5.74) is 1.94. The van der Waals surface area contributed by atoms with Gasteiger partial charge >= 0.3 is 5.69 Å². The number of fused-ring (bicyclic) bond motifs is 1. The van der Waals surface area contributed by atoms with Crippen LogP contribution in [0.3, 0.4) is 0 Å². The molecule has 0 unspecified atom stereocenters. The highest BCUT2D eigenvalue weighted by atomic mass is 32.2. The van der Waals surface area contributed by atoms with Crippen LogP contribution in [0.5, 0.6) is 0 Å². The van der Waals surface area contributed by atoms with E-state index in [1.165, 1.54) is 29.4 Å². The topological polar surface area (TPSA) is 72.7 Å². The Labute approximate surface area is 124 Å². The van der Waals surface area contributed by atoms with Gasteiger partial charge in [0, 0.05) is 31.6 Å². The summed E-state index contributed by atoms with van der Waals surface area (Å²) in [6, 6.07) is 9.25.